The predicted molar refractivity (Wildman–Crippen MR) is 91.6 cm³/mol. The quantitative estimate of drug-likeness (QED) is 0.709. The van der Waals surface area contributed by atoms with Gasteiger partial charge in [0.05, 0.1) is 10.2 Å². The van der Waals surface area contributed by atoms with Crippen molar-refractivity contribution in [1.29, 1.82) is 0 Å². The van der Waals surface area contributed by atoms with Crippen LogP contribution in [0, 0.1) is 0 Å². The van der Waals surface area contributed by atoms with Crippen molar-refractivity contribution in [2.45, 2.75) is 0 Å². The molecule has 22 heavy (non-hydrogen) atoms. The van der Waals surface area contributed by atoms with Crippen molar-refractivity contribution in [2.75, 3.05) is 17.4 Å². The molecular formula is C15H13ClN4OS. The molecule has 0 unspecified atom stereocenters. The number of fused-ring (bicyclic) bond motifs is 1. The number of hydrogen-bond acceptors (Lipinski definition) is 4. The smallest absolute Gasteiger partial charge is 0.307 e. The van der Waals surface area contributed by atoms with Crippen LogP contribution < -0.4 is 15.8 Å². The van der Waals surface area contributed by atoms with Crippen LogP contribution in [-0.2, 0) is 0 Å². The van der Waals surface area contributed by atoms with Gasteiger partial charge in [-0.05, 0) is 30.3 Å². The lowest BCUT2D eigenvalue weighted by Gasteiger charge is -2.17. The number of halogens is 1. The molecule has 5 nitrogen and oxygen atoms in total. The summed E-state index contributed by atoms with van der Waals surface area (Å²) < 4.78 is 1.07. The summed E-state index contributed by atoms with van der Waals surface area (Å²) in [5.41, 5.74) is 4.25. The Morgan fingerprint density at radius 1 is 1.23 bits per heavy atom. The molecule has 2 amide bonds. The Balaban J connectivity index is 1.68. The standard InChI is InChI=1S/C15H13ClN4OS/c1-20(15-18-12-7-2-3-8-13(12)22-15)19-14(21)17-11-6-4-5-10(16)9-11/h2-9H,1H3,(H2,17,19,21). The average Bonchev–Trinajstić information content (AvgIpc) is 2.91. The van der Waals surface area contributed by atoms with Crippen LogP contribution in [0.25, 0.3) is 10.2 Å². The monoisotopic (exact) mass is 332 g/mol. The molecule has 0 saturated heterocycles. The highest BCUT2D eigenvalue weighted by atomic mass is 35.5. The second-order valence-corrected chi connectivity index (χ2v) is 6.04. The number of nitrogens with one attached hydrogen (secondary N) is 2. The number of benzene rings is 2. The molecule has 0 atom stereocenters. The molecule has 1 aromatic heterocycles. The molecule has 0 aliphatic carbocycles. The number of rotatable bonds is 3. The molecule has 7 heteroatoms. The third-order valence-electron chi connectivity index (χ3n) is 2.92. The second-order valence-electron chi connectivity index (χ2n) is 4.60. The van der Waals surface area contributed by atoms with Crippen LogP contribution in [-0.4, -0.2) is 18.1 Å². The van der Waals surface area contributed by atoms with E-state index in [9.17, 15) is 4.79 Å². The van der Waals surface area contributed by atoms with Crippen molar-refractivity contribution < 1.29 is 4.79 Å². The molecule has 3 aromatic rings. The lowest BCUT2D eigenvalue weighted by Crippen LogP contribution is -2.41. The maximum absolute atomic E-state index is 12.0. The number of amides is 2. The number of nitrogens with zero attached hydrogens (tertiary/aromatic N) is 2. The molecule has 0 aliphatic heterocycles. The largest absolute Gasteiger partial charge is 0.338 e. The summed E-state index contributed by atoms with van der Waals surface area (Å²) in [5, 5.41) is 5.58. The van der Waals surface area contributed by atoms with Gasteiger partial charge in [-0.15, -0.1) is 0 Å². The first-order valence-electron chi connectivity index (χ1n) is 6.54. The molecule has 2 aromatic carbocycles. The van der Waals surface area contributed by atoms with Crippen LogP contribution in [0.4, 0.5) is 15.6 Å². The Morgan fingerprint density at radius 2 is 2.05 bits per heavy atom. The van der Waals surface area contributed by atoms with Crippen molar-refractivity contribution >= 4 is 50.0 Å². The number of anilines is 2. The molecule has 0 radical (unpaired) electrons. The van der Waals surface area contributed by atoms with Gasteiger partial charge in [-0.3, -0.25) is 5.01 Å². The normalized spacial score (nSPS) is 10.5. The van der Waals surface area contributed by atoms with Gasteiger partial charge in [0.1, 0.15) is 0 Å². The number of hydrazine groups is 1. The fourth-order valence-corrected chi connectivity index (χ4v) is 3.01. The molecule has 0 aliphatic rings. The van der Waals surface area contributed by atoms with E-state index in [0.29, 0.717) is 15.8 Å². The maximum Gasteiger partial charge on any atom is 0.338 e. The zero-order valence-electron chi connectivity index (χ0n) is 11.7. The van der Waals surface area contributed by atoms with Crippen molar-refractivity contribution in [1.82, 2.24) is 10.4 Å². The summed E-state index contributed by atoms with van der Waals surface area (Å²) in [4.78, 5) is 16.5. The van der Waals surface area contributed by atoms with E-state index in [1.807, 2.05) is 24.3 Å². The summed E-state index contributed by atoms with van der Waals surface area (Å²) in [6.07, 6.45) is 0. The Kier molecular flexibility index (Phi) is 4.13. The molecular weight excluding hydrogens is 320 g/mol. The first-order chi connectivity index (χ1) is 10.6. The van der Waals surface area contributed by atoms with Crippen LogP contribution in [0.15, 0.2) is 48.5 Å². The summed E-state index contributed by atoms with van der Waals surface area (Å²) in [6, 6.07) is 14.4. The number of hydrogen-bond donors (Lipinski definition) is 2. The topological polar surface area (TPSA) is 57.3 Å². The zero-order chi connectivity index (χ0) is 15.5. The van der Waals surface area contributed by atoms with Crippen molar-refractivity contribution in [3.05, 3.63) is 53.6 Å². The Bertz CT molecular complexity index is 787. The maximum atomic E-state index is 12.0. The van der Waals surface area contributed by atoms with Crippen LogP contribution in [0.5, 0.6) is 0 Å². The van der Waals surface area contributed by atoms with Crippen LogP contribution in [0.3, 0.4) is 0 Å². The van der Waals surface area contributed by atoms with E-state index >= 15 is 0 Å². The Labute approximate surface area is 136 Å². The predicted octanol–water partition coefficient (Wildman–Crippen LogP) is 4.12. The third-order valence-corrected chi connectivity index (χ3v) is 4.27. The highest BCUT2D eigenvalue weighted by Crippen LogP contribution is 2.26. The molecule has 3 rings (SSSR count). The number of carbonyl (C=O) groups is 1. The summed E-state index contributed by atoms with van der Waals surface area (Å²) in [5.74, 6) is 0. The third kappa shape index (κ3) is 3.29. The minimum atomic E-state index is -0.357. The van der Waals surface area contributed by atoms with Crippen LogP contribution in [0.1, 0.15) is 0 Å². The van der Waals surface area contributed by atoms with Gasteiger partial charge in [-0.1, -0.05) is 41.1 Å². The number of aromatic nitrogens is 1. The lowest BCUT2D eigenvalue weighted by atomic mass is 10.3. The van der Waals surface area contributed by atoms with E-state index in [-0.39, 0.29) is 6.03 Å². The van der Waals surface area contributed by atoms with Crippen molar-refractivity contribution in [2.24, 2.45) is 0 Å². The van der Waals surface area contributed by atoms with Gasteiger partial charge in [0.2, 0.25) is 5.13 Å². The molecule has 0 bridgehead atoms. The van der Waals surface area contributed by atoms with Crippen LogP contribution >= 0.6 is 22.9 Å². The molecule has 112 valence electrons. The minimum Gasteiger partial charge on any atom is -0.307 e. The molecule has 2 N–H and O–H groups in total. The van der Waals surface area contributed by atoms with E-state index in [0.717, 1.165) is 10.2 Å². The van der Waals surface area contributed by atoms with Gasteiger partial charge in [-0.2, -0.15) is 0 Å². The minimum absolute atomic E-state index is 0.357. The van der Waals surface area contributed by atoms with Crippen LogP contribution in [0.2, 0.25) is 5.02 Å². The Morgan fingerprint density at radius 3 is 2.82 bits per heavy atom. The summed E-state index contributed by atoms with van der Waals surface area (Å²) in [7, 11) is 1.75. The summed E-state index contributed by atoms with van der Waals surface area (Å²) >= 11 is 7.39. The lowest BCUT2D eigenvalue weighted by molar-refractivity contribution is 0.251. The van der Waals surface area contributed by atoms with Crippen molar-refractivity contribution in [3.63, 3.8) is 0 Å². The van der Waals surface area contributed by atoms with Crippen molar-refractivity contribution in [3.8, 4) is 0 Å². The van der Waals surface area contributed by atoms with Gasteiger partial charge >= 0.3 is 6.03 Å². The zero-order valence-corrected chi connectivity index (χ0v) is 13.3. The number of urea groups is 1. The average molecular weight is 333 g/mol. The number of thiazole rings is 1. The summed E-state index contributed by atoms with van der Waals surface area (Å²) in [6.45, 7) is 0. The van der Waals surface area contributed by atoms with Gasteiger partial charge in [0.25, 0.3) is 0 Å². The molecule has 0 fully saturated rings. The van der Waals surface area contributed by atoms with Gasteiger partial charge in [-0.25, -0.2) is 15.2 Å². The fraction of sp³-hybridized carbons (Fsp3) is 0.0667. The highest BCUT2D eigenvalue weighted by Gasteiger charge is 2.11. The van der Waals surface area contributed by atoms with E-state index < -0.39 is 0 Å². The SMILES string of the molecule is CN(NC(=O)Nc1cccc(Cl)c1)c1nc2ccccc2s1. The van der Waals surface area contributed by atoms with Gasteiger partial charge < -0.3 is 5.32 Å². The number of para-hydroxylation sites is 1. The molecule has 1 heterocycles. The second kappa shape index (κ2) is 6.21. The number of carbonyl (C=O) groups excluding carboxylic acids is 1. The van der Waals surface area contributed by atoms with E-state index in [4.69, 9.17) is 11.6 Å². The highest BCUT2D eigenvalue weighted by molar-refractivity contribution is 7.22. The molecule has 0 saturated carbocycles. The van der Waals surface area contributed by atoms with E-state index in [2.05, 4.69) is 15.7 Å². The Hall–Kier alpha value is -2.31. The van der Waals surface area contributed by atoms with E-state index in [1.54, 1.807) is 36.3 Å². The fourth-order valence-electron chi connectivity index (χ4n) is 1.93. The van der Waals surface area contributed by atoms with E-state index in [1.165, 1.54) is 11.3 Å². The molecule has 0 spiro atoms. The van der Waals surface area contributed by atoms with Gasteiger partial charge in [0, 0.05) is 17.8 Å². The first-order valence-corrected chi connectivity index (χ1v) is 7.74. The van der Waals surface area contributed by atoms with Gasteiger partial charge in [0.15, 0.2) is 0 Å². The first kappa shape index (κ1) is 14.6.